The first kappa shape index (κ1) is 4.05. The maximum Gasteiger partial charge on any atom is 0.322 e. The van der Waals surface area contributed by atoms with Gasteiger partial charge in [-0.2, -0.15) is 0 Å². The molecule has 1 rings (SSSR count). The van der Waals surface area contributed by atoms with Gasteiger partial charge in [0.1, 0.15) is 6.33 Å². The van der Waals surface area contributed by atoms with Crippen molar-refractivity contribution in [1.29, 1.82) is 0 Å². The summed E-state index contributed by atoms with van der Waals surface area (Å²) in [6.45, 7) is 0. The second kappa shape index (κ2) is 1.55. The summed E-state index contributed by atoms with van der Waals surface area (Å²) in [5.74, 6) is 0. The van der Waals surface area contributed by atoms with Crippen LogP contribution < -0.4 is 0 Å². The second-order valence-electron chi connectivity index (χ2n) is 1.06. The van der Waals surface area contributed by atoms with E-state index in [1.807, 2.05) is 0 Å². The van der Waals surface area contributed by atoms with Crippen LogP contribution in [-0.4, -0.2) is 16.0 Å². The maximum absolute atomic E-state index is 9.67. The normalized spacial score (nSPS) is 8.57. The zero-order valence-electron chi connectivity index (χ0n) is 3.53. The molecule has 0 bridgehead atoms. The van der Waals surface area contributed by atoms with E-state index in [9.17, 15) is 4.79 Å². The van der Waals surface area contributed by atoms with Gasteiger partial charge in [0.25, 0.3) is 0 Å². The largest absolute Gasteiger partial charge is 0.322 e. The average Bonchev–Trinajstić information content (AvgIpc) is 2.14. The van der Waals surface area contributed by atoms with Crippen LogP contribution in [0.1, 0.15) is 0 Å². The van der Waals surface area contributed by atoms with Crippen LogP contribution in [-0.2, 0) is 4.79 Å². The molecule has 0 saturated carbocycles. The fraction of sp³-hybridized carbons (Fsp3) is 0. The van der Waals surface area contributed by atoms with Crippen molar-refractivity contribution in [2.75, 3.05) is 0 Å². The van der Waals surface area contributed by atoms with E-state index >= 15 is 0 Å². The SMILES string of the molecule is O=[C]n1ccnc1. The van der Waals surface area contributed by atoms with Gasteiger partial charge in [0.2, 0.25) is 0 Å². The number of aromatic nitrogens is 2. The van der Waals surface area contributed by atoms with Crippen molar-refractivity contribution in [2.45, 2.75) is 0 Å². The molecule has 1 aromatic rings. The Hall–Kier alpha value is -1.12. The molecule has 0 atom stereocenters. The first-order valence-corrected chi connectivity index (χ1v) is 1.79. The van der Waals surface area contributed by atoms with Gasteiger partial charge in [-0.1, -0.05) is 0 Å². The van der Waals surface area contributed by atoms with E-state index in [2.05, 4.69) is 4.98 Å². The van der Waals surface area contributed by atoms with Crippen molar-refractivity contribution >= 4 is 6.41 Å². The van der Waals surface area contributed by atoms with Crippen LogP contribution in [0.3, 0.4) is 0 Å². The predicted octanol–water partition coefficient (Wildman–Crippen LogP) is -0.202. The van der Waals surface area contributed by atoms with Crippen molar-refractivity contribution in [3.05, 3.63) is 18.7 Å². The van der Waals surface area contributed by atoms with Gasteiger partial charge in [0.15, 0.2) is 0 Å². The van der Waals surface area contributed by atoms with Crippen molar-refractivity contribution in [2.24, 2.45) is 0 Å². The van der Waals surface area contributed by atoms with E-state index in [-0.39, 0.29) is 0 Å². The summed E-state index contributed by atoms with van der Waals surface area (Å²) in [7, 11) is 0. The Balaban J connectivity index is 2.96. The first-order valence-electron chi connectivity index (χ1n) is 1.79. The average molecular weight is 95.1 g/mol. The van der Waals surface area contributed by atoms with E-state index in [1.165, 1.54) is 23.3 Å². The summed E-state index contributed by atoms with van der Waals surface area (Å²) in [5, 5.41) is 0. The Bertz CT molecular complexity index is 145. The molecule has 0 aromatic carbocycles. The maximum atomic E-state index is 9.67. The molecule has 0 aliphatic carbocycles. The number of imidazole rings is 1. The van der Waals surface area contributed by atoms with Crippen LogP contribution in [0, 0.1) is 0 Å². The molecule has 35 valence electrons. The summed E-state index contributed by atoms with van der Waals surface area (Å²) in [6, 6.07) is 0. The van der Waals surface area contributed by atoms with Gasteiger partial charge in [-0.15, -0.1) is 0 Å². The van der Waals surface area contributed by atoms with Crippen LogP contribution >= 0.6 is 0 Å². The minimum atomic E-state index is 1.21. The standard InChI is InChI=1S/C4H3N2O/c7-4-6-2-1-5-3-6/h1-3H. The van der Waals surface area contributed by atoms with Gasteiger partial charge in [0.05, 0.1) is 0 Å². The molecule has 1 aromatic heterocycles. The zero-order valence-corrected chi connectivity index (χ0v) is 3.53. The Kier molecular flexibility index (Phi) is 0.898. The number of carbonyl (C=O) groups excluding carboxylic acids is 1. The Morgan fingerprint density at radius 3 is 2.86 bits per heavy atom. The minimum absolute atomic E-state index is 1.21. The van der Waals surface area contributed by atoms with E-state index in [0.717, 1.165) is 0 Å². The molecule has 0 saturated heterocycles. The molecule has 0 N–H and O–H groups in total. The Morgan fingerprint density at radius 1 is 1.71 bits per heavy atom. The first-order chi connectivity index (χ1) is 3.43. The third kappa shape index (κ3) is 0.652. The van der Waals surface area contributed by atoms with Crippen molar-refractivity contribution < 1.29 is 4.79 Å². The predicted molar refractivity (Wildman–Crippen MR) is 23.3 cm³/mol. The highest BCUT2D eigenvalue weighted by atomic mass is 16.1. The number of hydrogen-bond acceptors (Lipinski definition) is 2. The highest BCUT2D eigenvalue weighted by Gasteiger charge is 1.79. The Labute approximate surface area is 40.6 Å². The lowest BCUT2D eigenvalue weighted by molar-refractivity contribution is 0.547. The van der Waals surface area contributed by atoms with Gasteiger partial charge in [-0.05, 0) is 0 Å². The molecular weight excluding hydrogens is 92.1 g/mol. The van der Waals surface area contributed by atoms with Crippen molar-refractivity contribution in [1.82, 2.24) is 9.55 Å². The summed E-state index contributed by atoms with van der Waals surface area (Å²) in [5.41, 5.74) is 0. The van der Waals surface area contributed by atoms with Crippen molar-refractivity contribution in [3.63, 3.8) is 0 Å². The minimum Gasteiger partial charge on any atom is -0.268 e. The molecule has 3 nitrogen and oxygen atoms in total. The summed E-state index contributed by atoms with van der Waals surface area (Å²) in [6.07, 6.45) is 6.03. The van der Waals surface area contributed by atoms with E-state index in [0.29, 0.717) is 0 Å². The van der Waals surface area contributed by atoms with Crippen LogP contribution in [0.25, 0.3) is 0 Å². The topological polar surface area (TPSA) is 34.9 Å². The fourth-order valence-electron chi connectivity index (χ4n) is 0.313. The molecule has 1 heterocycles. The fourth-order valence-corrected chi connectivity index (χ4v) is 0.313. The van der Waals surface area contributed by atoms with Crippen LogP contribution in [0.2, 0.25) is 0 Å². The summed E-state index contributed by atoms with van der Waals surface area (Å²) < 4.78 is 1.21. The van der Waals surface area contributed by atoms with E-state index in [4.69, 9.17) is 0 Å². The van der Waals surface area contributed by atoms with E-state index < -0.39 is 0 Å². The molecule has 0 spiro atoms. The van der Waals surface area contributed by atoms with Crippen molar-refractivity contribution in [3.8, 4) is 0 Å². The third-order valence-electron chi connectivity index (χ3n) is 0.610. The molecule has 7 heavy (non-hydrogen) atoms. The highest BCUT2D eigenvalue weighted by Crippen LogP contribution is 1.74. The number of hydrogen-bond donors (Lipinski definition) is 0. The third-order valence-corrected chi connectivity index (χ3v) is 0.610. The number of rotatable bonds is 1. The Morgan fingerprint density at radius 2 is 2.57 bits per heavy atom. The van der Waals surface area contributed by atoms with Gasteiger partial charge >= 0.3 is 6.41 Å². The van der Waals surface area contributed by atoms with Gasteiger partial charge in [0, 0.05) is 12.4 Å². The molecule has 3 heteroatoms. The highest BCUT2D eigenvalue weighted by molar-refractivity contribution is 5.50. The molecule has 0 aliphatic heterocycles. The quantitative estimate of drug-likeness (QED) is 0.484. The molecule has 0 unspecified atom stereocenters. The van der Waals surface area contributed by atoms with Crippen LogP contribution in [0.15, 0.2) is 18.7 Å². The lowest BCUT2D eigenvalue weighted by atomic mass is 10.9. The van der Waals surface area contributed by atoms with E-state index in [1.54, 1.807) is 6.41 Å². The second-order valence-corrected chi connectivity index (χ2v) is 1.06. The lowest BCUT2D eigenvalue weighted by Gasteiger charge is -1.73. The van der Waals surface area contributed by atoms with Gasteiger partial charge in [-0.25, -0.2) is 4.98 Å². The molecular formula is C4H3N2O. The van der Waals surface area contributed by atoms with Gasteiger partial charge in [-0.3, -0.25) is 9.36 Å². The van der Waals surface area contributed by atoms with Gasteiger partial charge < -0.3 is 0 Å². The smallest absolute Gasteiger partial charge is 0.268 e. The monoisotopic (exact) mass is 95.0 g/mol. The van der Waals surface area contributed by atoms with Crippen LogP contribution in [0.5, 0.6) is 0 Å². The summed E-state index contributed by atoms with van der Waals surface area (Å²) >= 11 is 0. The molecule has 0 aliphatic rings. The lowest BCUT2D eigenvalue weighted by Crippen LogP contribution is -1.86. The molecule has 0 fully saturated rings. The summed E-state index contributed by atoms with van der Waals surface area (Å²) in [4.78, 5) is 13.3. The number of nitrogens with zero attached hydrogens (tertiary/aromatic N) is 2. The molecule has 1 radical (unpaired) electrons. The van der Waals surface area contributed by atoms with Crippen LogP contribution in [0.4, 0.5) is 0 Å². The zero-order chi connectivity index (χ0) is 5.11. The molecule has 0 amide bonds.